The van der Waals surface area contributed by atoms with Crippen LogP contribution in [0.1, 0.15) is 68.9 Å². The van der Waals surface area contributed by atoms with Crippen LogP contribution in [0.2, 0.25) is 18.1 Å². The first-order valence-corrected chi connectivity index (χ1v) is 18.4. The van der Waals surface area contributed by atoms with Crippen molar-refractivity contribution in [3.05, 3.63) is 75.8 Å². The minimum Gasteiger partial charge on any atom is -0.543 e. The van der Waals surface area contributed by atoms with E-state index in [0.717, 1.165) is 52.1 Å². The predicted molar refractivity (Wildman–Crippen MR) is 175 cm³/mol. The number of para-hydroxylation sites is 1. The predicted octanol–water partition coefficient (Wildman–Crippen LogP) is 9.77. The molecule has 0 aliphatic heterocycles. The van der Waals surface area contributed by atoms with E-state index in [-0.39, 0.29) is 5.04 Å². The number of hydrogen-bond acceptors (Lipinski definition) is 6. The number of aryl methyl sites for hydroxylation is 1. The lowest BCUT2D eigenvalue weighted by Gasteiger charge is -2.37. The van der Waals surface area contributed by atoms with E-state index in [2.05, 4.69) is 69.7 Å². The third-order valence-electron chi connectivity index (χ3n) is 7.57. The first-order valence-electron chi connectivity index (χ1n) is 14.7. The molecule has 0 N–H and O–H groups in total. The van der Waals surface area contributed by atoms with Crippen LogP contribution in [-0.2, 0) is 17.6 Å². The highest BCUT2D eigenvalue weighted by atomic mass is 79.9. The average molecular weight is 658 g/mol. The third kappa shape index (κ3) is 8.54. The van der Waals surface area contributed by atoms with Gasteiger partial charge in [0, 0.05) is 18.1 Å². The first-order chi connectivity index (χ1) is 19.9. The number of ether oxygens (including phenoxy) is 4. The van der Waals surface area contributed by atoms with Gasteiger partial charge in [0.05, 0.1) is 24.8 Å². The first kappa shape index (κ1) is 33.5. The number of rotatable bonds is 14. The second-order valence-electron chi connectivity index (χ2n) is 11.7. The molecule has 6 nitrogen and oxygen atoms in total. The van der Waals surface area contributed by atoms with Gasteiger partial charge in [0.2, 0.25) is 0 Å². The second-order valence-corrected chi connectivity index (χ2v) is 17.3. The number of carbonyl (C=O) groups excluding carboxylic acids is 1. The lowest BCUT2D eigenvalue weighted by Crippen LogP contribution is -2.43. The van der Waals surface area contributed by atoms with Crippen LogP contribution in [-0.4, -0.2) is 34.6 Å². The molecule has 0 aliphatic rings. The zero-order valence-electron chi connectivity index (χ0n) is 26.3. The van der Waals surface area contributed by atoms with Crippen molar-refractivity contribution in [2.24, 2.45) is 0 Å². The molecule has 0 saturated heterocycles. The van der Waals surface area contributed by atoms with E-state index in [9.17, 15) is 4.79 Å². The normalized spacial score (nSPS) is 11.6. The van der Waals surface area contributed by atoms with Crippen molar-refractivity contribution in [2.45, 2.75) is 78.4 Å². The number of hydrogen-bond donors (Lipinski definition) is 0. The molecular weight excluding hydrogens is 612 g/mol. The summed E-state index contributed by atoms with van der Waals surface area (Å²) >= 11 is 3.71. The molecule has 0 aliphatic carbocycles. The number of benzene rings is 3. The quantitative estimate of drug-likeness (QED) is 0.0977. The molecular formula is C34H45BrO6Si. The van der Waals surface area contributed by atoms with E-state index in [1.54, 1.807) is 18.2 Å². The van der Waals surface area contributed by atoms with E-state index < -0.39 is 14.3 Å². The molecule has 3 aromatic carbocycles. The van der Waals surface area contributed by atoms with Crippen LogP contribution < -0.4 is 18.6 Å². The van der Waals surface area contributed by atoms with Gasteiger partial charge in [0.25, 0.3) is 8.32 Å². The highest BCUT2D eigenvalue weighted by Gasteiger charge is 2.39. The van der Waals surface area contributed by atoms with Crippen molar-refractivity contribution >= 4 is 30.2 Å². The Morgan fingerprint density at radius 1 is 0.857 bits per heavy atom. The number of halogens is 1. The van der Waals surface area contributed by atoms with Crippen LogP contribution in [0, 0.1) is 0 Å². The van der Waals surface area contributed by atoms with Gasteiger partial charge in [0.1, 0.15) is 34.3 Å². The smallest absolute Gasteiger partial charge is 0.341 e. The molecule has 3 rings (SSSR count). The molecule has 0 spiro atoms. The summed E-state index contributed by atoms with van der Waals surface area (Å²) in [7, 11) is -0.638. The highest BCUT2D eigenvalue weighted by molar-refractivity contribution is 9.10. The molecule has 8 heteroatoms. The number of carbonyl (C=O) groups is 1. The van der Waals surface area contributed by atoms with Gasteiger partial charge in [-0.2, -0.15) is 0 Å². The maximum Gasteiger partial charge on any atom is 0.341 e. The van der Waals surface area contributed by atoms with Crippen LogP contribution in [0.5, 0.6) is 28.7 Å². The molecule has 42 heavy (non-hydrogen) atoms. The van der Waals surface area contributed by atoms with Gasteiger partial charge in [-0.05, 0) is 82.8 Å². The van der Waals surface area contributed by atoms with Crippen LogP contribution in [0.25, 0.3) is 0 Å². The van der Waals surface area contributed by atoms with Gasteiger partial charge >= 0.3 is 5.97 Å². The maximum atomic E-state index is 12.2. The third-order valence-corrected chi connectivity index (χ3v) is 12.5. The van der Waals surface area contributed by atoms with E-state index in [0.29, 0.717) is 36.7 Å². The monoisotopic (exact) mass is 656 g/mol. The zero-order chi connectivity index (χ0) is 30.9. The number of esters is 1. The Morgan fingerprint density at radius 3 is 2.14 bits per heavy atom. The molecule has 0 saturated carbocycles. The standard InChI is InChI=1S/C34H45BrO6Si/c1-9-15-25-28(18-13-19-29(25)40-30-17-12-11-16-26(30)33(36)37-6)38-20-14-21-39-31-23-32(27(35)22-24(31)10-2)41-42(7,8)34(3,4)5/h11-13,16-19,22-23H,9-10,14-15,20-21H2,1-8H3. The minimum absolute atomic E-state index is 0.0952. The summed E-state index contributed by atoms with van der Waals surface area (Å²) in [6, 6.07) is 17.0. The lowest BCUT2D eigenvalue weighted by atomic mass is 10.1. The van der Waals surface area contributed by atoms with Crippen molar-refractivity contribution in [1.29, 1.82) is 0 Å². The molecule has 228 valence electrons. The van der Waals surface area contributed by atoms with Crippen LogP contribution in [0.4, 0.5) is 0 Å². The van der Waals surface area contributed by atoms with Crippen LogP contribution >= 0.6 is 15.9 Å². The average Bonchev–Trinajstić information content (AvgIpc) is 2.94. The summed E-state index contributed by atoms with van der Waals surface area (Å²) < 4.78 is 31.2. The van der Waals surface area contributed by atoms with Gasteiger partial charge in [-0.25, -0.2) is 4.79 Å². The molecule has 0 heterocycles. The summed E-state index contributed by atoms with van der Waals surface area (Å²) in [5, 5.41) is 0.0952. The summed E-state index contributed by atoms with van der Waals surface area (Å²) in [6.45, 7) is 16.4. The van der Waals surface area contributed by atoms with Gasteiger partial charge in [0.15, 0.2) is 0 Å². The van der Waals surface area contributed by atoms with E-state index in [1.807, 2.05) is 30.3 Å². The molecule has 0 bridgehead atoms. The van der Waals surface area contributed by atoms with Crippen LogP contribution in [0.3, 0.4) is 0 Å². The Morgan fingerprint density at radius 2 is 1.50 bits per heavy atom. The van der Waals surface area contributed by atoms with Crippen molar-refractivity contribution in [3.8, 4) is 28.7 Å². The highest BCUT2D eigenvalue weighted by Crippen LogP contribution is 2.41. The fourth-order valence-corrected chi connectivity index (χ4v) is 5.79. The Bertz CT molecular complexity index is 1350. The SMILES string of the molecule is CCCc1c(OCCCOc2cc(O[Si](C)(C)C(C)(C)C)c(Br)cc2CC)cccc1Oc1ccccc1C(=O)OC. The summed E-state index contributed by atoms with van der Waals surface area (Å²) in [5.74, 6) is 3.13. The van der Waals surface area contributed by atoms with Gasteiger partial charge in [-0.1, -0.05) is 59.2 Å². The summed E-state index contributed by atoms with van der Waals surface area (Å²) in [4.78, 5) is 12.2. The molecule has 0 unspecified atom stereocenters. The molecule has 0 amide bonds. The van der Waals surface area contributed by atoms with E-state index in [4.69, 9.17) is 23.4 Å². The number of methoxy groups -OCH3 is 1. The Kier molecular flexibility index (Phi) is 11.9. The molecule has 0 radical (unpaired) electrons. The summed E-state index contributed by atoms with van der Waals surface area (Å²) in [6.07, 6.45) is 3.26. The molecule has 3 aromatic rings. The maximum absolute atomic E-state index is 12.2. The van der Waals surface area contributed by atoms with Crippen molar-refractivity contribution in [3.63, 3.8) is 0 Å². The van der Waals surface area contributed by atoms with Gasteiger partial charge < -0.3 is 23.4 Å². The largest absolute Gasteiger partial charge is 0.543 e. The topological polar surface area (TPSA) is 63.2 Å². The fourth-order valence-electron chi connectivity index (χ4n) is 4.14. The summed E-state index contributed by atoms with van der Waals surface area (Å²) in [5.41, 5.74) is 2.48. The van der Waals surface area contributed by atoms with E-state index >= 15 is 0 Å². The van der Waals surface area contributed by atoms with Crippen molar-refractivity contribution < 1.29 is 28.2 Å². The second kappa shape index (κ2) is 15.0. The van der Waals surface area contributed by atoms with Gasteiger partial charge in [-0.15, -0.1) is 0 Å². The Balaban J connectivity index is 1.68. The minimum atomic E-state index is -2.00. The van der Waals surface area contributed by atoms with E-state index in [1.165, 1.54) is 7.11 Å². The lowest BCUT2D eigenvalue weighted by molar-refractivity contribution is 0.0598. The van der Waals surface area contributed by atoms with Crippen molar-refractivity contribution in [2.75, 3.05) is 20.3 Å². The van der Waals surface area contributed by atoms with Gasteiger partial charge in [-0.3, -0.25) is 0 Å². The molecule has 0 aromatic heterocycles. The molecule has 0 atom stereocenters. The fraction of sp³-hybridized carbons (Fsp3) is 0.441. The van der Waals surface area contributed by atoms with Crippen LogP contribution in [0.15, 0.2) is 59.1 Å². The zero-order valence-corrected chi connectivity index (χ0v) is 28.9. The Hall–Kier alpha value is -2.97. The van der Waals surface area contributed by atoms with Crippen molar-refractivity contribution in [1.82, 2.24) is 0 Å². The Labute approximate surface area is 260 Å². The molecule has 0 fully saturated rings.